The van der Waals surface area contributed by atoms with E-state index < -0.39 is 78.1 Å². The summed E-state index contributed by atoms with van der Waals surface area (Å²) < 4.78 is 14.8. The third kappa shape index (κ3) is 6.40. The van der Waals surface area contributed by atoms with Crippen molar-refractivity contribution in [1.82, 2.24) is 10.2 Å². The Bertz CT molecular complexity index is 2010. The number of carbonyl (C=O) groups is 3. The molecule has 49 heavy (non-hydrogen) atoms. The Balaban J connectivity index is 1.51. The summed E-state index contributed by atoms with van der Waals surface area (Å²) in [5, 5.41) is 35.9. The summed E-state index contributed by atoms with van der Waals surface area (Å²) in [6, 6.07) is 23.2. The van der Waals surface area contributed by atoms with Crippen LogP contribution in [0.1, 0.15) is 27.5 Å². The molecule has 1 unspecified atom stereocenters. The Labute approximate surface area is 285 Å². The number of nitro groups is 2. The van der Waals surface area contributed by atoms with Crippen molar-refractivity contribution in [1.29, 1.82) is 0 Å². The molecule has 1 fully saturated rings. The van der Waals surface area contributed by atoms with Crippen LogP contribution in [-0.4, -0.2) is 58.5 Å². The summed E-state index contributed by atoms with van der Waals surface area (Å²) >= 11 is 1.36. The number of nitrogens with one attached hydrogen (secondary N) is 1. The monoisotopic (exact) mass is 698 g/mol. The largest absolute Gasteiger partial charge is 0.477 e. The first-order valence-electron chi connectivity index (χ1n) is 14.8. The summed E-state index contributed by atoms with van der Waals surface area (Å²) in [6.07, 6.45) is 2.47. The summed E-state index contributed by atoms with van der Waals surface area (Å²) in [7, 11) is -2.05. The third-order valence-electron chi connectivity index (χ3n) is 8.27. The number of carbonyl (C=O) groups excluding carboxylic acids is 2. The molecule has 0 saturated carbocycles. The van der Waals surface area contributed by atoms with Gasteiger partial charge in [0.1, 0.15) is 17.1 Å². The first kappa shape index (κ1) is 33.1. The summed E-state index contributed by atoms with van der Waals surface area (Å²) in [4.78, 5) is 62.9. The number of carboxylic acids is 1. The van der Waals surface area contributed by atoms with Gasteiger partial charge in [0, 0.05) is 22.4 Å². The Morgan fingerprint density at radius 1 is 0.939 bits per heavy atom. The molecule has 2 aliphatic heterocycles. The molecule has 4 atom stereocenters. The molecular weight excluding hydrogens is 673 g/mol. The van der Waals surface area contributed by atoms with Gasteiger partial charge in [-0.15, -0.1) is 11.3 Å². The van der Waals surface area contributed by atoms with E-state index in [0.29, 0.717) is 11.1 Å². The predicted octanol–water partition coefficient (Wildman–Crippen LogP) is 4.78. The predicted molar refractivity (Wildman–Crippen MR) is 181 cm³/mol. The van der Waals surface area contributed by atoms with E-state index in [1.807, 2.05) is 0 Å². The van der Waals surface area contributed by atoms with Crippen molar-refractivity contribution in [3.05, 3.63) is 156 Å². The van der Waals surface area contributed by atoms with Crippen LogP contribution in [0.2, 0.25) is 0 Å². The second-order valence-corrected chi connectivity index (χ2v) is 13.8. The van der Waals surface area contributed by atoms with Crippen LogP contribution < -0.4 is 5.32 Å². The summed E-state index contributed by atoms with van der Waals surface area (Å²) in [5.41, 5.74) is -0.372. The lowest BCUT2D eigenvalue weighted by molar-refractivity contribution is -0.394. The van der Waals surface area contributed by atoms with Crippen LogP contribution >= 0.6 is 11.3 Å². The van der Waals surface area contributed by atoms with E-state index in [9.17, 15) is 43.9 Å². The zero-order valence-electron chi connectivity index (χ0n) is 25.3. The van der Waals surface area contributed by atoms with Crippen LogP contribution in [0.4, 0.5) is 11.4 Å². The first-order chi connectivity index (χ1) is 23.6. The Hall–Kier alpha value is -5.80. The second kappa shape index (κ2) is 13.7. The molecule has 13 nitrogen and oxygen atoms in total. The smallest absolute Gasteiger partial charge is 0.352 e. The number of benzene rings is 3. The highest BCUT2D eigenvalue weighted by Gasteiger charge is 2.60. The Kier molecular flexibility index (Phi) is 9.29. The molecule has 1 saturated heterocycles. The lowest BCUT2D eigenvalue weighted by atomic mass is 9.83. The molecular formula is C34H26N4O9S2. The minimum Gasteiger partial charge on any atom is -0.477 e. The maximum absolute atomic E-state index is 14.8. The minimum atomic E-state index is -2.05. The highest BCUT2D eigenvalue weighted by Crippen LogP contribution is 2.46. The number of allylic oxidation sites excluding steroid dienone is 1. The van der Waals surface area contributed by atoms with E-state index in [-0.39, 0.29) is 17.6 Å². The van der Waals surface area contributed by atoms with E-state index in [2.05, 4.69) is 5.32 Å². The molecule has 0 radical (unpaired) electrons. The number of aliphatic carboxylic acids is 1. The van der Waals surface area contributed by atoms with Crippen molar-refractivity contribution in [2.75, 3.05) is 0 Å². The van der Waals surface area contributed by atoms with E-state index in [4.69, 9.17) is 0 Å². The number of rotatable bonds is 11. The van der Waals surface area contributed by atoms with Crippen molar-refractivity contribution in [2.24, 2.45) is 0 Å². The molecule has 0 spiro atoms. The molecule has 0 bridgehead atoms. The van der Waals surface area contributed by atoms with Gasteiger partial charge in [-0.05, 0) is 34.7 Å². The molecule has 3 heterocycles. The number of β-lactam (4-membered cyclic amide) rings is 1. The zero-order chi connectivity index (χ0) is 34.8. The van der Waals surface area contributed by atoms with Gasteiger partial charge < -0.3 is 10.4 Å². The summed E-state index contributed by atoms with van der Waals surface area (Å²) in [5.74, 6) is -3.50. The topological polar surface area (TPSA) is 190 Å². The van der Waals surface area contributed by atoms with Gasteiger partial charge in [0.15, 0.2) is 0 Å². The van der Waals surface area contributed by atoms with Crippen LogP contribution in [-0.2, 0) is 31.6 Å². The molecule has 15 heteroatoms. The molecule has 2 amide bonds. The fraction of sp³-hybridized carbons (Fsp3) is 0.147. The van der Waals surface area contributed by atoms with Gasteiger partial charge in [0.2, 0.25) is 5.91 Å². The van der Waals surface area contributed by atoms with Crippen molar-refractivity contribution in [2.45, 2.75) is 29.0 Å². The molecule has 1 aromatic heterocycles. The summed E-state index contributed by atoms with van der Waals surface area (Å²) in [6.45, 7) is 0. The van der Waals surface area contributed by atoms with Gasteiger partial charge in [-0.2, -0.15) is 0 Å². The van der Waals surface area contributed by atoms with E-state index in [1.54, 1.807) is 78.2 Å². The van der Waals surface area contributed by atoms with Gasteiger partial charge in [0.05, 0.1) is 43.9 Å². The van der Waals surface area contributed by atoms with Gasteiger partial charge in [0.25, 0.3) is 17.3 Å². The van der Waals surface area contributed by atoms with E-state index in [1.165, 1.54) is 23.5 Å². The van der Waals surface area contributed by atoms with Crippen LogP contribution in [0.25, 0.3) is 6.08 Å². The number of nitrogens with zero attached hydrogens (tertiary/aromatic N) is 3. The SMILES string of the molecule is O=C(Cc1cccs1)N[C@@H]1C(=O)N2C(C(=O)O)=C(C=Cc3ccc([N+](=O)[O-])cc3[N+](=O)[O-])C(C(c3ccccc3)c3ccccc3)[S@](=O)[C@H]12. The van der Waals surface area contributed by atoms with E-state index in [0.717, 1.165) is 28.0 Å². The minimum absolute atomic E-state index is 0.0233. The number of hydrogen-bond acceptors (Lipinski definition) is 9. The molecule has 2 aliphatic rings. The number of thiophene rings is 1. The normalized spacial score (nSPS) is 20.2. The second-order valence-electron chi connectivity index (χ2n) is 11.1. The number of hydrogen-bond donors (Lipinski definition) is 2. The van der Waals surface area contributed by atoms with Crippen molar-refractivity contribution in [3.8, 4) is 0 Å². The Morgan fingerprint density at radius 2 is 1.59 bits per heavy atom. The van der Waals surface area contributed by atoms with Gasteiger partial charge in [-0.3, -0.25) is 38.9 Å². The molecule has 3 aromatic carbocycles. The van der Waals surface area contributed by atoms with Gasteiger partial charge in [-0.25, -0.2) is 4.79 Å². The lowest BCUT2D eigenvalue weighted by Crippen LogP contribution is -2.74. The Morgan fingerprint density at radius 3 is 2.14 bits per heavy atom. The highest BCUT2D eigenvalue weighted by atomic mass is 32.2. The quantitative estimate of drug-likeness (QED) is 0.126. The van der Waals surface area contributed by atoms with Crippen molar-refractivity contribution < 1.29 is 33.5 Å². The lowest BCUT2D eigenvalue weighted by Gasteiger charge is -2.51. The van der Waals surface area contributed by atoms with Crippen LogP contribution in [0, 0.1) is 20.2 Å². The fourth-order valence-corrected chi connectivity index (χ4v) is 9.02. The maximum atomic E-state index is 14.8. The van der Waals surface area contributed by atoms with Crippen LogP contribution in [0.15, 0.2) is 114 Å². The molecule has 248 valence electrons. The average Bonchev–Trinajstić information content (AvgIpc) is 3.60. The number of non-ortho nitro benzene ring substituents is 1. The van der Waals surface area contributed by atoms with E-state index >= 15 is 0 Å². The average molecular weight is 699 g/mol. The molecule has 4 aromatic rings. The first-order valence-corrected chi connectivity index (χ1v) is 16.9. The third-order valence-corrected chi connectivity index (χ3v) is 11.1. The maximum Gasteiger partial charge on any atom is 0.352 e. The fourth-order valence-electron chi connectivity index (χ4n) is 6.12. The van der Waals surface area contributed by atoms with Gasteiger partial charge >= 0.3 is 5.97 Å². The van der Waals surface area contributed by atoms with Crippen LogP contribution in [0.5, 0.6) is 0 Å². The number of carboxylic acid groups (broad SMARTS) is 1. The van der Waals surface area contributed by atoms with Crippen molar-refractivity contribution >= 4 is 57.4 Å². The number of fused-ring (bicyclic) bond motifs is 1. The molecule has 6 rings (SSSR count). The molecule has 0 aliphatic carbocycles. The number of nitro benzene ring substituents is 2. The highest BCUT2D eigenvalue weighted by molar-refractivity contribution is 7.86. The van der Waals surface area contributed by atoms with Crippen LogP contribution in [0.3, 0.4) is 0 Å². The van der Waals surface area contributed by atoms with Gasteiger partial charge in [-0.1, -0.05) is 72.8 Å². The molecule has 2 N–H and O–H groups in total. The van der Waals surface area contributed by atoms with Crippen molar-refractivity contribution in [3.63, 3.8) is 0 Å². The number of amides is 2. The zero-order valence-corrected chi connectivity index (χ0v) is 26.9. The standard InChI is InChI=1S/C34H26N4O9S2/c39-27(19-24-12-7-17-48-24)35-29-32(40)36-30(34(41)42)25(16-14-20-13-15-23(37(43)44)18-26(20)38(45)46)31(49(47)33(29)36)28(21-8-3-1-4-9-21)22-10-5-2-6-11-22/h1-18,28-29,31,33H,19H2,(H,35,39)(H,41,42)/t29-,31?,33-,49+/m1/s1.